The molecule has 1 aliphatic heterocycles. The molecule has 1 aromatic rings. The molecule has 1 N–H and O–H groups in total. The molecule has 1 aliphatic rings. The highest BCUT2D eigenvalue weighted by Gasteiger charge is 2.25. The summed E-state index contributed by atoms with van der Waals surface area (Å²) in [5.41, 5.74) is 0.372. The number of methoxy groups -OCH3 is 1. The van der Waals surface area contributed by atoms with Gasteiger partial charge in [-0.1, -0.05) is 15.9 Å². The third-order valence-electron chi connectivity index (χ3n) is 4.77. The fraction of sp³-hybridized carbons (Fsp3) is 0.524. The standard InChI is InChI=1S/C21H27BrN2O7/c1-3-30-21(28)24-10-8-15(9-11-24)23-19(26)13-31-20(27)7-5-17(25)16-12-14(22)4-6-18(16)29-2/h4,6,12,15H,3,5,7-11,13H2,1-2H3,(H,23,26). The fourth-order valence-electron chi connectivity index (χ4n) is 3.16. The largest absolute Gasteiger partial charge is 0.496 e. The summed E-state index contributed by atoms with van der Waals surface area (Å²) in [7, 11) is 1.47. The topological polar surface area (TPSA) is 111 Å². The number of ether oxygens (including phenoxy) is 3. The van der Waals surface area contributed by atoms with Crippen LogP contribution in [-0.2, 0) is 19.1 Å². The molecular formula is C21H27BrN2O7. The first-order valence-corrected chi connectivity index (χ1v) is 10.9. The number of benzene rings is 1. The Bertz CT molecular complexity index is 807. The summed E-state index contributed by atoms with van der Waals surface area (Å²) in [4.78, 5) is 49.6. The molecule has 2 rings (SSSR count). The van der Waals surface area contributed by atoms with Crippen molar-refractivity contribution >= 4 is 39.7 Å². The van der Waals surface area contributed by atoms with Gasteiger partial charge in [0.15, 0.2) is 12.4 Å². The Morgan fingerprint density at radius 3 is 2.48 bits per heavy atom. The van der Waals surface area contributed by atoms with Gasteiger partial charge in [0.2, 0.25) is 0 Å². The van der Waals surface area contributed by atoms with Gasteiger partial charge in [-0.05, 0) is 38.0 Å². The number of Topliss-reactive ketones (excluding diaryl/α,β-unsaturated/α-hetero) is 1. The van der Waals surface area contributed by atoms with E-state index < -0.39 is 18.5 Å². The van der Waals surface area contributed by atoms with Crippen molar-refractivity contribution in [1.29, 1.82) is 0 Å². The minimum Gasteiger partial charge on any atom is -0.496 e. The zero-order valence-corrected chi connectivity index (χ0v) is 19.2. The van der Waals surface area contributed by atoms with E-state index in [9.17, 15) is 19.2 Å². The van der Waals surface area contributed by atoms with Crippen molar-refractivity contribution in [3.8, 4) is 5.75 Å². The van der Waals surface area contributed by atoms with Crippen LogP contribution in [0, 0.1) is 0 Å². The highest BCUT2D eigenvalue weighted by molar-refractivity contribution is 9.10. The number of nitrogens with zero attached hydrogens (tertiary/aromatic N) is 1. The summed E-state index contributed by atoms with van der Waals surface area (Å²) in [6, 6.07) is 4.95. The van der Waals surface area contributed by atoms with Gasteiger partial charge < -0.3 is 24.4 Å². The summed E-state index contributed by atoms with van der Waals surface area (Å²) >= 11 is 3.30. The number of halogens is 1. The van der Waals surface area contributed by atoms with Gasteiger partial charge in [0, 0.05) is 30.0 Å². The molecule has 170 valence electrons. The van der Waals surface area contributed by atoms with Gasteiger partial charge >= 0.3 is 12.1 Å². The van der Waals surface area contributed by atoms with Crippen molar-refractivity contribution in [2.45, 2.75) is 38.6 Å². The minimum atomic E-state index is -0.630. The van der Waals surface area contributed by atoms with Crippen LogP contribution in [0.2, 0.25) is 0 Å². The SMILES string of the molecule is CCOC(=O)N1CCC(NC(=O)COC(=O)CCC(=O)c2cc(Br)ccc2OC)CC1. The molecule has 31 heavy (non-hydrogen) atoms. The van der Waals surface area contributed by atoms with Crippen molar-refractivity contribution in [2.75, 3.05) is 33.4 Å². The molecule has 0 aromatic heterocycles. The molecule has 10 heteroatoms. The van der Waals surface area contributed by atoms with E-state index in [-0.39, 0.29) is 30.8 Å². The Balaban J connectivity index is 1.68. The number of nitrogens with one attached hydrogen (secondary N) is 1. The molecule has 1 saturated heterocycles. The molecule has 2 amide bonds. The normalized spacial score (nSPS) is 14.0. The smallest absolute Gasteiger partial charge is 0.409 e. The lowest BCUT2D eigenvalue weighted by Gasteiger charge is -2.31. The molecule has 0 radical (unpaired) electrons. The second-order valence-electron chi connectivity index (χ2n) is 6.96. The molecule has 0 saturated carbocycles. The summed E-state index contributed by atoms with van der Waals surface area (Å²) in [6.07, 6.45) is 0.652. The fourth-order valence-corrected chi connectivity index (χ4v) is 3.52. The van der Waals surface area contributed by atoms with Crippen LogP contribution in [0.4, 0.5) is 4.79 Å². The van der Waals surface area contributed by atoms with Crippen molar-refractivity contribution in [1.82, 2.24) is 10.2 Å². The van der Waals surface area contributed by atoms with Crippen molar-refractivity contribution in [2.24, 2.45) is 0 Å². The molecule has 1 heterocycles. The predicted octanol–water partition coefficient (Wildman–Crippen LogP) is 2.70. The lowest BCUT2D eigenvalue weighted by molar-refractivity contribution is -0.148. The van der Waals surface area contributed by atoms with Crippen LogP contribution in [0.15, 0.2) is 22.7 Å². The second kappa shape index (κ2) is 12.3. The van der Waals surface area contributed by atoms with Gasteiger partial charge in [-0.25, -0.2) is 4.79 Å². The summed E-state index contributed by atoms with van der Waals surface area (Å²) < 4.78 is 15.8. The Hall–Kier alpha value is -2.62. The number of rotatable bonds is 9. The van der Waals surface area contributed by atoms with Gasteiger partial charge in [0.05, 0.1) is 25.7 Å². The summed E-state index contributed by atoms with van der Waals surface area (Å²) in [5.74, 6) is -0.875. The van der Waals surface area contributed by atoms with Gasteiger partial charge in [-0.2, -0.15) is 0 Å². The van der Waals surface area contributed by atoms with E-state index in [0.717, 1.165) is 4.47 Å². The van der Waals surface area contributed by atoms with E-state index in [1.54, 1.807) is 30.0 Å². The third kappa shape index (κ3) is 7.86. The van der Waals surface area contributed by atoms with Crippen LogP contribution in [0.3, 0.4) is 0 Å². The number of amides is 2. The van der Waals surface area contributed by atoms with Gasteiger partial charge in [-0.15, -0.1) is 0 Å². The molecule has 0 aliphatic carbocycles. The Labute approximate surface area is 189 Å². The Morgan fingerprint density at radius 2 is 1.84 bits per heavy atom. The maximum atomic E-state index is 12.4. The molecule has 0 bridgehead atoms. The average Bonchev–Trinajstić information content (AvgIpc) is 2.76. The van der Waals surface area contributed by atoms with Crippen LogP contribution in [0.1, 0.15) is 43.0 Å². The molecule has 0 spiro atoms. The monoisotopic (exact) mass is 498 g/mol. The number of carbonyl (C=O) groups is 4. The number of hydrogen-bond acceptors (Lipinski definition) is 7. The molecule has 1 fully saturated rings. The van der Waals surface area contributed by atoms with Gasteiger partial charge in [0.1, 0.15) is 5.75 Å². The Morgan fingerprint density at radius 1 is 1.13 bits per heavy atom. The number of hydrogen-bond donors (Lipinski definition) is 1. The maximum absolute atomic E-state index is 12.4. The summed E-state index contributed by atoms with van der Waals surface area (Å²) in [5, 5.41) is 2.79. The van der Waals surface area contributed by atoms with Crippen LogP contribution < -0.4 is 10.1 Å². The molecule has 1 aromatic carbocycles. The molecular weight excluding hydrogens is 472 g/mol. The van der Waals surface area contributed by atoms with E-state index in [2.05, 4.69) is 21.2 Å². The van der Waals surface area contributed by atoms with E-state index in [4.69, 9.17) is 14.2 Å². The Kier molecular flexibility index (Phi) is 9.77. The average molecular weight is 499 g/mol. The van der Waals surface area contributed by atoms with Gasteiger partial charge in [-0.3, -0.25) is 14.4 Å². The van der Waals surface area contributed by atoms with E-state index in [0.29, 0.717) is 43.9 Å². The van der Waals surface area contributed by atoms with Crippen LogP contribution >= 0.6 is 15.9 Å². The van der Waals surface area contributed by atoms with Crippen molar-refractivity contribution < 1.29 is 33.4 Å². The molecule has 9 nitrogen and oxygen atoms in total. The highest BCUT2D eigenvalue weighted by Crippen LogP contribution is 2.24. The van der Waals surface area contributed by atoms with Crippen LogP contribution in [-0.4, -0.2) is 68.1 Å². The molecule has 0 unspecified atom stereocenters. The van der Waals surface area contributed by atoms with E-state index in [1.165, 1.54) is 7.11 Å². The summed E-state index contributed by atoms with van der Waals surface area (Å²) in [6.45, 7) is 2.64. The zero-order valence-electron chi connectivity index (χ0n) is 17.6. The van der Waals surface area contributed by atoms with Crippen molar-refractivity contribution in [3.63, 3.8) is 0 Å². The lowest BCUT2D eigenvalue weighted by atomic mass is 10.1. The first kappa shape index (κ1) is 24.6. The van der Waals surface area contributed by atoms with Crippen LogP contribution in [0.5, 0.6) is 5.75 Å². The van der Waals surface area contributed by atoms with Crippen molar-refractivity contribution in [3.05, 3.63) is 28.2 Å². The number of piperidine rings is 1. The predicted molar refractivity (Wildman–Crippen MR) is 115 cm³/mol. The van der Waals surface area contributed by atoms with E-state index >= 15 is 0 Å². The minimum absolute atomic E-state index is 0.0560. The lowest BCUT2D eigenvalue weighted by Crippen LogP contribution is -2.47. The zero-order chi connectivity index (χ0) is 22.8. The first-order valence-electron chi connectivity index (χ1n) is 10.1. The van der Waals surface area contributed by atoms with E-state index in [1.807, 2.05) is 0 Å². The number of likely N-dealkylation sites (tertiary alicyclic amines) is 1. The van der Waals surface area contributed by atoms with Crippen LogP contribution in [0.25, 0.3) is 0 Å². The third-order valence-corrected chi connectivity index (χ3v) is 5.26. The maximum Gasteiger partial charge on any atom is 0.409 e. The molecule has 0 atom stereocenters. The number of carbonyl (C=O) groups excluding carboxylic acids is 4. The number of esters is 1. The first-order chi connectivity index (χ1) is 14.8. The quantitative estimate of drug-likeness (QED) is 0.411. The number of ketones is 1. The van der Waals surface area contributed by atoms with Gasteiger partial charge in [0.25, 0.3) is 5.91 Å². The second-order valence-corrected chi connectivity index (χ2v) is 7.87. The highest BCUT2D eigenvalue weighted by atomic mass is 79.9.